The van der Waals surface area contributed by atoms with E-state index in [1.54, 1.807) is 18.5 Å². The fraction of sp³-hybridized carbons (Fsp3) is 0.261. The van der Waals surface area contributed by atoms with E-state index in [9.17, 15) is 4.79 Å². The molecule has 3 aromatic rings. The standard InChI is InChI=1S/C23H27N5OS/c29-22(20-10-5-2-6-11-20)28-23(25-13-7-12-21-16-24-18-27-21)26-14-15-30-17-19-8-3-1-4-9-19/h1-6,8-11,16,18H,7,12-15,17H2,(H,24,27)(H2,25,26,28,29). The van der Waals surface area contributed by atoms with Crippen molar-refractivity contribution in [3.05, 3.63) is 90.0 Å². The second kappa shape index (κ2) is 12.5. The maximum Gasteiger partial charge on any atom is 0.257 e. The predicted molar refractivity (Wildman–Crippen MR) is 124 cm³/mol. The first kappa shape index (κ1) is 21.6. The lowest BCUT2D eigenvalue weighted by molar-refractivity contribution is 0.0975. The summed E-state index contributed by atoms with van der Waals surface area (Å²) in [6, 6.07) is 19.6. The van der Waals surface area contributed by atoms with E-state index in [0.29, 0.717) is 24.6 Å². The van der Waals surface area contributed by atoms with Crippen molar-refractivity contribution in [1.29, 1.82) is 0 Å². The predicted octanol–water partition coefficient (Wildman–Crippen LogP) is 3.65. The van der Waals surface area contributed by atoms with Crippen LogP contribution in [0.5, 0.6) is 0 Å². The van der Waals surface area contributed by atoms with E-state index in [1.165, 1.54) is 5.56 Å². The Hall–Kier alpha value is -3.06. The average molecular weight is 422 g/mol. The molecule has 7 heteroatoms. The van der Waals surface area contributed by atoms with Crippen molar-refractivity contribution in [1.82, 2.24) is 20.6 Å². The molecule has 0 saturated carbocycles. The van der Waals surface area contributed by atoms with E-state index in [4.69, 9.17) is 0 Å². The number of rotatable bonds is 10. The number of guanidine groups is 1. The Bertz CT molecular complexity index is 898. The molecule has 0 aliphatic carbocycles. The van der Waals surface area contributed by atoms with Gasteiger partial charge in [-0.25, -0.2) is 4.98 Å². The Kier molecular flexibility index (Phi) is 9.01. The fourth-order valence-electron chi connectivity index (χ4n) is 2.80. The van der Waals surface area contributed by atoms with Crippen molar-refractivity contribution < 1.29 is 4.79 Å². The van der Waals surface area contributed by atoms with Crippen LogP contribution in [0.15, 0.2) is 78.2 Å². The SMILES string of the molecule is O=C(N/C(=N\CCSCc1ccccc1)NCCCc1c[nH]cn1)c1ccccc1. The molecule has 0 atom stereocenters. The van der Waals surface area contributed by atoms with Gasteiger partial charge in [-0.3, -0.25) is 15.1 Å². The van der Waals surface area contributed by atoms with Gasteiger partial charge in [-0.15, -0.1) is 0 Å². The fourth-order valence-corrected chi connectivity index (χ4v) is 3.59. The number of aromatic amines is 1. The van der Waals surface area contributed by atoms with Crippen molar-refractivity contribution >= 4 is 23.6 Å². The van der Waals surface area contributed by atoms with Crippen LogP contribution in [0.3, 0.4) is 0 Å². The molecule has 30 heavy (non-hydrogen) atoms. The highest BCUT2D eigenvalue weighted by molar-refractivity contribution is 7.98. The number of carbonyl (C=O) groups excluding carboxylic acids is 1. The summed E-state index contributed by atoms with van der Waals surface area (Å²) >= 11 is 1.83. The number of hydrogen-bond donors (Lipinski definition) is 3. The maximum absolute atomic E-state index is 12.5. The number of hydrogen-bond acceptors (Lipinski definition) is 4. The number of aliphatic imine (C=N–C) groups is 1. The minimum Gasteiger partial charge on any atom is -0.356 e. The lowest BCUT2D eigenvalue weighted by Crippen LogP contribution is -2.41. The van der Waals surface area contributed by atoms with Gasteiger partial charge in [0.1, 0.15) is 0 Å². The van der Waals surface area contributed by atoms with Crippen LogP contribution < -0.4 is 10.6 Å². The summed E-state index contributed by atoms with van der Waals surface area (Å²) in [4.78, 5) is 24.3. The molecule has 0 unspecified atom stereocenters. The minimum absolute atomic E-state index is 0.161. The summed E-state index contributed by atoms with van der Waals surface area (Å²) in [5, 5.41) is 6.17. The molecule has 6 nitrogen and oxygen atoms in total. The number of thioether (sulfide) groups is 1. The number of nitrogens with zero attached hydrogens (tertiary/aromatic N) is 2. The van der Waals surface area contributed by atoms with Crippen LogP contribution in [-0.4, -0.2) is 40.7 Å². The molecule has 0 fully saturated rings. The second-order valence-corrected chi connectivity index (χ2v) is 7.78. The maximum atomic E-state index is 12.5. The van der Waals surface area contributed by atoms with Gasteiger partial charge in [0.05, 0.1) is 18.6 Å². The van der Waals surface area contributed by atoms with Crippen LogP contribution in [0.4, 0.5) is 0 Å². The smallest absolute Gasteiger partial charge is 0.257 e. The Labute approximate surface area is 181 Å². The molecule has 1 amide bonds. The molecule has 0 bridgehead atoms. The van der Waals surface area contributed by atoms with Gasteiger partial charge in [0.2, 0.25) is 0 Å². The lowest BCUT2D eigenvalue weighted by Gasteiger charge is -2.12. The number of aromatic nitrogens is 2. The zero-order valence-electron chi connectivity index (χ0n) is 16.9. The van der Waals surface area contributed by atoms with Crippen LogP contribution in [0, 0.1) is 0 Å². The van der Waals surface area contributed by atoms with Crippen LogP contribution in [-0.2, 0) is 12.2 Å². The molecular weight excluding hydrogens is 394 g/mol. The number of imidazole rings is 1. The molecule has 0 radical (unpaired) electrons. The molecule has 2 aromatic carbocycles. The van der Waals surface area contributed by atoms with Gasteiger partial charge < -0.3 is 10.3 Å². The van der Waals surface area contributed by atoms with Crippen molar-refractivity contribution in [3.63, 3.8) is 0 Å². The van der Waals surface area contributed by atoms with Gasteiger partial charge in [-0.05, 0) is 30.5 Å². The molecule has 0 spiro atoms. The zero-order chi connectivity index (χ0) is 20.9. The van der Waals surface area contributed by atoms with Gasteiger partial charge in [0.25, 0.3) is 5.91 Å². The Morgan fingerprint density at radius 1 is 1.07 bits per heavy atom. The van der Waals surface area contributed by atoms with Gasteiger partial charge in [0.15, 0.2) is 5.96 Å². The first-order valence-electron chi connectivity index (χ1n) is 10.1. The summed E-state index contributed by atoms with van der Waals surface area (Å²) in [6.07, 6.45) is 5.34. The van der Waals surface area contributed by atoms with Crippen molar-refractivity contribution in [2.45, 2.75) is 18.6 Å². The van der Waals surface area contributed by atoms with Gasteiger partial charge in [0, 0.05) is 29.8 Å². The molecular formula is C23H27N5OS. The van der Waals surface area contributed by atoms with E-state index in [2.05, 4.69) is 49.9 Å². The topological polar surface area (TPSA) is 82.2 Å². The van der Waals surface area contributed by atoms with Crippen molar-refractivity contribution in [2.75, 3.05) is 18.8 Å². The molecule has 3 N–H and O–H groups in total. The largest absolute Gasteiger partial charge is 0.356 e. The van der Waals surface area contributed by atoms with Gasteiger partial charge >= 0.3 is 0 Å². The van der Waals surface area contributed by atoms with Crippen LogP contribution in [0.25, 0.3) is 0 Å². The first-order chi connectivity index (χ1) is 14.8. The summed E-state index contributed by atoms with van der Waals surface area (Å²) in [5.41, 5.74) is 2.95. The third-order valence-electron chi connectivity index (χ3n) is 4.34. The highest BCUT2D eigenvalue weighted by Crippen LogP contribution is 2.11. The van der Waals surface area contributed by atoms with E-state index in [1.807, 2.05) is 42.2 Å². The Morgan fingerprint density at radius 3 is 2.57 bits per heavy atom. The molecule has 0 aliphatic rings. The molecule has 1 heterocycles. The van der Waals surface area contributed by atoms with Gasteiger partial charge in [-0.2, -0.15) is 11.8 Å². The molecule has 0 saturated heterocycles. The number of carbonyl (C=O) groups is 1. The molecule has 156 valence electrons. The summed E-state index contributed by atoms with van der Waals surface area (Å²) in [6.45, 7) is 1.34. The third-order valence-corrected chi connectivity index (χ3v) is 5.35. The highest BCUT2D eigenvalue weighted by atomic mass is 32.2. The minimum atomic E-state index is -0.161. The number of amides is 1. The average Bonchev–Trinajstić information content (AvgIpc) is 3.31. The Morgan fingerprint density at radius 2 is 1.83 bits per heavy atom. The van der Waals surface area contributed by atoms with Crippen LogP contribution >= 0.6 is 11.8 Å². The lowest BCUT2D eigenvalue weighted by atomic mass is 10.2. The summed E-state index contributed by atoms with van der Waals surface area (Å²) < 4.78 is 0. The number of aryl methyl sites for hydroxylation is 1. The zero-order valence-corrected chi connectivity index (χ0v) is 17.7. The van der Waals surface area contributed by atoms with Gasteiger partial charge in [-0.1, -0.05) is 48.5 Å². The van der Waals surface area contributed by atoms with E-state index in [-0.39, 0.29) is 5.91 Å². The van der Waals surface area contributed by atoms with Crippen molar-refractivity contribution in [2.24, 2.45) is 4.99 Å². The third kappa shape index (κ3) is 7.75. The van der Waals surface area contributed by atoms with E-state index in [0.717, 1.165) is 30.0 Å². The molecule has 0 aliphatic heterocycles. The normalized spacial score (nSPS) is 11.3. The summed E-state index contributed by atoms with van der Waals surface area (Å²) in [5.74, 6) is 2.20. The van der Waals surface area contributed by atoms with Crippen LogP contribution in [0.2, 0.25) is 0 Å². The number of benzene rings is 2. The number of nitrogens with one attached hydrogen (secondary N) is 3. The molecule has 1 aromatic heterocycles. The highest BCUT2D eigenvalue weighted by Gasteiger charge is 2.08. The van der Waals surface area contributed by atoms with Crippen LogP contribution in [0.1, 0.15) is 28.0 Å². The van der Waals surface area contributed by atoms with E-state index < -0.39 is 0 Å². The number of H-pyrrole nitrogens is 1. The first-order valence-corrected chi connectivity index (χ1v) is 11.2. The summed E-state index contributed by atoms with van der Waals surface area (Å²) in [7, 11) is 0. The van der Waals surface area contributed by atoms with E-state index >= 15 is 0 Å². The van der Waals surface area contributed by atoms with Crippen molar-refractivity contribution in [3.8, 4) is 0 Å². The quantitative estimate of drug-likeness (QED) is 0.265. The second-order valence-electron chi connectivity index (χ2n) is 6.68. The molecule has 3 rings (SSSR count). The monoisotopic (exact) mass is 421 g/mol. The Balaban J connectivity index is 1.48.